The molecule has 4 heteroatoms. The van der Waals surface area contributed by atoms with Crippen LogP contribution < -0.4 is 0 Å². The Bertz CT molecular complexity index is 323. The lowest BCUT2D eigenvalue weighted by molar-refractivity contribution is -0.384. The summed E-state index contributed by atoms with van der Waals surface area (Å²) in [4.78, 5) is 9.80. The molecule has 0 aliphatic carbocycles. The van der Waals surface area contributed by atoms with E-state index in [0.717, 1.165) is 18.4 Å². The molecule has 0 amide bonds. The van der Waals surface area contributed by atoms with Gasteiger partial charge in [0.25, 0.3) is 5.69 Å². The lowest BCUT2D eigenvalue weighted by Crippen LogP contribution is -1.90. The van der Waals surface area contributed by atoms with Gasteiger partial charge in [-0.05, 0) is 18.1 Å². The summed E-state index contributed by atoms with van der Waals surface area (Å²) in [6, 6.07) is 4.19. The lowest BCUT2D eigenvalue weighted by atomic mass is 10.1. The van der Waals surface area contributed by atoms with Gasteiger partial charge in [0.05, 0.1) is 11.0 Å². The van der Waals surface area contributed by atoms with E-state index >= 15 is 0 Å². The molecule has 13 heavy (non-hydrogen) atoms. The van der Waals surface area contributed by atoms with Crippen LogP contribution >= 0.6 is 0 Å². The number of nitro groups is 1. The fourth-order valence-corrected chi connectivity index (χ4v) is 1.15. The molecule has 0 aromatic heterocycles. The van der Waals surface area contributed by atoms with Crippen molar-refractivity contribution in [2.45, 2.75) is 19.8 Å². The highest BCUT2D eigenvalue weighted by Crippen LogP contribution is 2.24. The van der Waals surface area contributed by atoms with Crippen LogP contribution in [0.5, 0.6) is 5.75 Å². The molecule has 4 nitrogen and oxygen atoms in total. The molecule has 0 aliphatic heterocycles. The summed E-state index contributed by atoms with van der Waals surface area (Å²) < 4.78 is 0. The highest BCUT2D eigenvalue weighted by atomic mass is 16.6. The lowest BCUT2D eigenvalue weighted by Gasteiger charge is -2.01. The molecule has 0 heterocycles. The first-order chi connectivity index (χ1) is 6.15. The third-order valence-electron chi connectivity index (χ3n) is 1.80. The highest BCUT2D eigenvalue weighted by Gasteiger charge is 2.08. The predicted octanol–water partition coefficient (Wildman–Crippen LogP) is 2.25. The summed E-state index contributed by atoms with van der Waals surface area (Å²) in [6.45, 7) is 1.99. The van der Waals surface area contributed by atoms with E-state index in [9.17, 15) is 15.2 Å². The molecule has 0 bridgehead atoms. The first kappa shape index (κ1) is 9.51. The molecule has 70 valence electrons. The average Bonchev–Trinajstić information content (AvgIpc) is 2.08. The van der Waals surface area contributed by atoms with Crippen molar-refractivity contribution in [3.8, 4) is 5.75 Å². The number of rotatable bonds is 3. The van der Waals surface area contributed by atoms with Crippen LogP contribution in [0.1, 0.15) is 18.9 Å². The first-order valence-corrected chi connectivity index (χ1v) is 4.11. The highest BCUT2D eigenvalue weighted by molar-refractivity contribution is 5.43. The van der Waals surface area contributed by atoms with Gasteiger partial charge in [0.15, 0.2) is 0 Å². The Labute approximate surface area is 76.0 Å². The van der Waals surface area contributed by atoms with E-state index in [1.807, 2.05) is 6.92 Å². The quantitative estimate of drug-likeness (QED) is 0.574. The third kappa shape index (κ3) is 2.18. The summed E-state index contributed by atoms with van der Waals surface area (Å²) in [5.74, 6) is 0.0102. The maximum absolute atomic E-state index is 10.3. The van der Waals surface area contributed by atoms with Gasteiger partial charge in [-0.1, -0.05) is 13.3 Å². The van der Waals surface area contributed by atoms with E-state index in [2.05, 4.69) is 0 Å². The molecule has 0 saturated carbocycles. The SMILES string of the molecule is CCCc1ccc([N+](=O)[O-])cc1O. The zero-order chi connectivity index (χ0) is 9.84. The molecule has 0 unspecified atom stereocenters. The number of benzene rings is 1. The van der Waals surface area contributed by atoms with Gasteiger partial charge in [0, 0.05) is 6.07 Å². The van der Waals surface area contributed by atoms with Crippen molar-refractivity contribution in [2.75, 3.05) is 0 Å². The second-order valence-corrected chi connectivity index (χ2v) is 2.82. The van der Waals surface area contributed by atoms with Crippen LogP contribution in [0.2, 0.25) is 0 Å². The average molecular weight is 181 g/mol. The van der Waals surface area contributed by atoms with Crippen LogP contribution in [-0.2, 0) is 6.42 Å². The van der Waals surface area contributed by atoms with Crippen molar-refractivity contribution in [3.63, 3.8) is 0 Å². The third-order valence-corrected chi connectivity index (χ3v) is 1.80. The van der Waals surface area contributed by atoms with Gasteiger partial charge >= 0.3 is 0 Å². The fraction of sp³-hybridized carbons (Fsp3) is 0.333. The fourth-order valence-electron chi connectivity index (χ4n) is 1.15. The van der Waals surface area contributed by atoms with E-state index in [4.69, 9.17) is 0 Å². The summed E-state index contributed by atoms with van der Waals surface area (Å²) in [5.41, 5.74) is 0.686. The number of hydrogen-bond donors (Lipinski definition) is 1. The van der Waals surface area contributed by atoms with E-state index in [1.165, 1.54) is 12.1 Å². The van der Waals surface area contributed by atoms with Crippen LogP contribution in [0.4, 0.5) is 5.69 Å². The molecule has 1 aromatic carbocycles. The van der Waals surface area contributed by atoms with Gasteiger partial charge in [-0.15, -0.1) is 0 Å². The van der Waals surface area contributed by atoms with Crippen molar-refractivity contribution < 1.29 is 10.0 Å². The number of aryl methyl sites for hydroxylation is 1. The Morgan fingerprint density at radius 3 is 2.69 bits per heavy atom. The molecular formula is C9H11NO3. The normalized spacial score (nSPS) is 9.92. The first-order valence-electron chi connectivity index (χ1n) is 4.11. The number of aromatic hydroxyl groups is 1. The van der Waals surface area contributed by atoms with Crippen LogP contribution in [0.25, 0.3) is 0 Å². The summed E-state index contributed by atoms with van der Waals surface area (Å²) in [7, 11) is 0. The predicted molar refractivity (Wildman–Crippen MR) is 48.8 cm³/mol. The second-order valence-electron chi connectivity index (χ2n) is 2.82. The number of nitro benzene ring substituents is 1. The van der Waals surface area contributed by atoms with Crippen LogP contribution in [0, 0.1) is 10.1 Å². The number of nitrogens with zero attached hydrogens (tertiary/aromatic N) is 1. The summed E-state index contributed by atoms with van der Waals surface area (Å²) in [5, 5.41) is 19.7. The molecule has 0 saturated heterocycles. The van der Waals surface area contributed by atoms with Crippen LogP contribution in [0.3, 0.4) is 0 Å². The molecule has 0 atom stereocenters. The maximum atomic E-state index is 10.3. The van der Waals surface area contributed by atoms with Gasteiger partial charge in [-0.2, -0.15) is 0 Å². The standard InChI is InChI=1S/C9H11NO3/c1-2-3-7-4-5-8(10(12)13)6-9(7)11/h4-6,11H,2-3H2,1H3. The maximum Gasteiger partial charge on any atom is 0.273 e. The summed E-state index contributed by atoms with van der Waals surface area (Å²) >= 11 is 0. The van der Waals surface area contributed by atoms with E-state index in [0.29, 0.717) is 0 Å². The minimum Gasteiger partial charge on any atom is -0.507 e. The van der Waals surface area contributed by atoms with E-state index in [1.54, 1.807) is 6.07 Å². The molecule has 0 spiro atoms. The van der Waals surface area contributed by atoms with Crippen LogP contribution in [-0.4, -0.2) is 10.0 Å². The van der Waals surface area contributed by atoms with Crippen molar-refractivity contribution in [2.24, 2.45) is 0 Å². The number of phenolic OH excluding ortho intramolecular Hbond substituents is 1. The largest absolute Gasteiger partial charge is 0.507 e. The minimum absolute atomic E-state index is 0.0102. The van der Waals surface area contributed by atoms with Crippen molar-refractivity contribution in [3.05, 3.63) is 33.9 Å². The minimum atomic E-state index is -0.518. The summed E-state index contributed by atoms with van der Waals surface area (Å²) in [6.07, 6.45) is 1.65. The Morgan fingerprint density at radius 1 is 1.54 bits per heavy atom. The Balaban J connectivity index is 2.98. The van der Waals surface area contributed by atoms with Gasteiger partial charge in [-0.3, -0.25) is 10.1 Å². The smallest absolute Gasteiger partial charge is 0.273 e. The Morgan fingerprint density at radius 2 is 2.23 bits per heavy atom. The topological polar surface area (TPSA) is 63.4 Å². The molecule has 0 aliphatic rings. The molecule has 0 radical (unpaired) electrons. The zero-order valence-corrected chi connectivity index (χ0v) is 7.36. The van der Waals surface area contributed by atoms with Gasteiger partial charge in [0.2, 0.25) is 0 Å². The second kappa shape index (κ2) is 3.89. The van der Waals surface area contributed by atoms with Gasteiger partial charge < -0.3 is 5.11 Å². The zero-order valence-electron chi connectivity index (χ0n) is 7.36. The monoisotopic (exact) mass is 181 g/mol. The number of phenols is 1. The van der Waals surface area contributed by atoms with E-state index < -0.39 is 4.92 Å². The molecule has 0 fully saturated rings. The van der Waals surface area contributed by atoms with Crippen molar-refractivity contribution in [1.82, 2.24) is 0 Å². The number of hydrogen-bond acceptors (Lipinski definition) is 3. The molecule has 1 rings (SSSR count). The Hall–Kier alpha value is -1.58. The number of non-ortho nitro benzene ring substituents is 1. The van der Waals surface area contributed by atoms with Gasteiger partial charge in [-0.25, -0.2) is 0 Å². The molecular weight excluding hydrogens is 170 g/mol. The van der Waals surface area contributed by atoms with Gasteiger partial charge in [0.1, 0.15) is 5.75 Å². The molecule has 1 N–H and O–H groups in total. The Kier molecular flexibility index (Phi) is 2.84. The van der Waals surface area contributed by atoms with Crippen molar-refractivity contribution >= 4 is 5.69 Å². The van der Waals surface area contributed by atoms with E-state index in [-0.39, 0.29) is 11.4 Å². The van der Waals surface area contributed by atoms with Crippen LogP contribution in [0.15, 0.2) is 18.2 Å². The van der Waals surface area contributed by atoms with Crippen molar-refractivity contribution in [1.29, 1.82) is 0 Å². The molecule has 1 aromatic rings.